The minimum atomic E-state index is -0.0373. The number of hydrogen-bond acceptors (Lipinski definition) is 3. The zero-order chi connectivity index (χ0) is 15.6. The number of nitrogens with one attached hydrogen (secondary N) is 1. The lowest BCUT2D eigenvalue weighted by atomic mass is 10.1. The molecule has 116 valence electrons. The number of carbonyl (C=O) groups is 1. The third-order valence-electron chi connectivity index (χ3n) is 4.16. The van der Waals surface area contributed by atoms with Gasteiger partial charge in [0.2, 0.25) is 5.91 Å². The topological polar surface area (TPSA) is 56.2 Å². The van der Waals surface area contributed by atoms with Gasteiger partial charge in [-0.2, -0.15) is 5.10 Å². The number of anilines is 1. The Kier molecular flexibility index (Phi) is 3.55. The molecule has 2 heterocycles. The molecule has 1 saturated heterocycles. The van der Waals surface area contributed by atoms with Gasteiger partial charge in [0, 0.05) is 17.7 Å². The third-order valence-corrected chi connectivity index (χ3v) is 4.16. The van der Waals surface area contributed by atoms with Crippen LogP contribution in [0.2, 0.25) is 0 Å². The van der Waals surface area contributed by atoms with Crippen LogP contribution in [0.25, 0.3) is 16.6 Å². The fourth-order valence-corrected chi connectivity index (χ4v) is 2.85. The molecule has 1 atom stereocenters. The first-order valence-electron chi connectivity index (χ1n) is 7.73. The highest BCUT2D eigenvalue weighted by molar-refractivity contribution is 5.92. The van der Waals surface area contributed by atoms with E-state index in [9.17, 15) is 4.79 Å². The van der Waals surface area contributed by atoms with Crippen LogP contribution in [0.15, 0.2) is 54.7 Å². The Morgan fingerprint density at radius 3 is 2.78 bits per heavy atom. The number of aromatic nitrogens is 2. The zero-order valence-electron chi connectivity index (χ0n) is 12.6. The Hall–Kier alpha value is -2.66. The second kappa shape index (κ2) is 5.85. The molecule has 0 bridgehead atoms. The number of para-hydroxylation sites is 1. The molecule has 1 fully saturated rings. The highest BCUT2D eigenvalue weighted by atomic mass is 16.5. The lowest BCUT2D eigenvalue weighted by Crippen LogP contribution is -2.22. The molecule has 5 nitrogen and oxygen atoms in total. The minimum Gasteiger partial charge on any atom is -0.381 e. The van der Waals surface area contributed by atoms with E-state index >= 15 is 0 Å². The van der Waals surface area contributed by atoms with Gasteiger partial charge in [-0.3, -0.25) is 4.79 Å². The summed E-state index contributed by atoms with van der Waals surface area (Å²) >= 11 is 0. The lowest BCUT2D eigenvalue weighted by Gasteiger charge is -2.10. The summed E-state index contributed by atoms with van der Waals surface area (Å²) in [5, 5.41) is 8.48. The first-order chi connectivity index (χ1) is 11.3. The summed E-state index contributed by atoms with van der Waals surface area (Å²) < 4.78 is 7.15. The Morgan fingerprint density at radius 1 is 1.17 bits per heavy atom. The van der Waals surface area contributed by atoms with Gasteiger partial charge >= 0.3 is 0 Å². The summed E-state index contributed by atoms with van der Waals surface area (Å²) in [6.45, 7) is 1.19. The number of fused-ring (bicyclic) bond motifs is 1. The smallest absolute Gasteiger partial charge is 0.229 e. The van der Waals surface area contributed by atoms with Crippen LogP contribution in [0, 0.1) is 5.92 Å². The Morgan fingerprint density at radius 2 is 2.00 bits per heavy atom. The zero-order valence-corrected chi connectivity index (χ0v) is 12.6. The maximum Gasteiger partial charge on any atom is 0.229 e. The summed E-state index contributed by atoms with van der Waals surface area (Å²) in [5.41, 5.74) is 2.82. The van der Waals surface area contributed by atoms with Crippen molar-refractivity contribution in [1.82, 2.24) is 9.78 Å². The lowest BCUT2D eigenvalue weighted by molar-refractivity contribution is -0.119. The van der Waals surface area contributed by atoms with Crippen LogP contribution in [0.4, 0.5) is 5.69 Å². The van der Waals surface area contributed by atoms with Crippen molar-refractivity contribution in [2.45, 2.75) is 6.42 Å². The van der Waals surface area contributed by atoms with E-state index in [4.69, 9.17) is 4.74 Å². The normalized spacial score (nSPS) is 17.5. The Labute approximate surface area is 133 Å². The van der Waals surface area contributed by atoms with E-state index < -0.39 is 0 Å². The molecule has 3 aromatic rings. The average molecular weight is 307 g/mol. The standard InChI is InChI=1S/C18H17N3O2/c22-18(14-9-10-23-12-14)20-15-5-7-16(8-6-15)21-17-4-2-1-3-13(17)11-19-21/h1-8,11,14H,9-10,12H2,(H,20,22)/t14-/m1/s1. The molecule has 1 aliphatic rings. The fraction of sp³-hybridized carbons (Fsp3) is 0.222. The van der Waals surface area contributed by atoms with Crippen molar-refractivity contribution in [3.05, 3.63) is 54.7 Å². The van der Waals surface area contributed by atoms with Gasteiger partial charge in [0.25, 0.3) is 0 Å². The first-order valence-corrected chi connectivity index (χ1v) is 7.73. The van der Waals surface area contributed by atoms with E-state index in [1.54, 1.807) is 0 Å². The van der Waals surface area contributed by atoms with Gasteiger partial charge in [0.05, 0.1) is 29.9 Å². The molecule has 23 heavy (non-hydrogen) atoms. The van der Waals surface area contributed by atoms with E-state index in [1.165, 1.54) is 0 Å². The second-order valence-corrected chi connectivity index (χ2v) is 5.71. The molecular weight excluding hydrogens is 290 g/mol. The van der Waals surface area contributed by atoms with Crippen molar-refractivity contribution >= 4 is 22.5 Å². The molecule has 1 aliphatic heterocycles. The molecule has 0 radical (unpaired) electrons. The van der Waals surface area contributed by atoms with Gasteiger partial charge in [-0.15, -0.1) is 0 Å². The van der Waals surface area contributed by atoms with Gasteiger partial charge in [-0.25, -0.2) is 4.68 Å². The van der Waals surface area contributed by atoms with Crippen LogP contribution in [0.3, 0.4) is 0 Å². The maximum absolute atomic E-state index is 12.1. The molecule has 0 spiro atoms. The van der Waals surface area contributed by atoms with Crippen LogP contribution in [0.1, 0.15) is 6.42 Å². The maximum atomic E-state index is 12.1. The largest absolute Gasteiger partial charge is 0.381 e. The molecule has 4 rings (SSSR count). The number of hydrogen-bond donors (Lipinski definition) is 1. The molecule has 0 saturated carbocycles. The van der Waals surface area contributed by atoms with Crippen molar-refractivity contribution in [2.75, 3.05) is 18.5 Å². The van der Waals surface area contributed by atoms with Gasteiger partial charge in [-0.05, 0) is 36.8 Å². The second-order valence-electron chi connectivity index (χ2n) is 5.71. The summed E-state index contributed by atoms with van der Waals surface area (Å²) in [6.07, 6.45) is 2.65. The van der Waals surface area contributed by atoms with Crippen LogP contribution < -0.4 is 5.32 Å². The summed E-state index contributed by atoms with van der Waals surface area (Å²) in [5.74, 6) is -0.00970. The number of carbonyl (C=O) groups excluding carboxylic acids is 1. The van der Waals surface area contributed by atoms with E-state index in [-0.39, 0.29) is 11.8 Å². The van der Waals surface area contributed by atoms with Crippen molar-refractivity contribution in [2.24, 2.45) is 5.92 Å². The number of amides is 1. The third kappa shape index (κ3) is 2.71. The highest BCUT2D eigenvalue weighted by Gasteiger charge is 2.23. The Balaban J connectivity index is 1.55. The van der Waals surface area contributed by atoms with E-state index in [2.05, 4.69) is 10.4 Å². The molecule has 1 N–H and O–H groups in total. The van der Waals surface area contributed by atoms with Crippen LogP contribution in [-0.2, 0) is 9.53 Å². The Bertz CT molecular complexity index is 833. The molecule has 0 aliphatic carbocycles. The van der Waals surface area contributed by atoms with Crippen LogP contribution >= 0.6 is 0 Å². The fourth-order valence-electron chi connectivity index (χ4n) is 2.85. The van der Waals surface area contributed by atoms with Crippen molar-refractivity contribution in [1.29, 1.82) is 0 Å². The monoisotopic (exact) mass is 307 g/mol. The number of ether oxygens (including phenoxy) is 1. The van der Waals surface area contributed by atoms with E-state index in [0.29, 0.717) is 13.2 Å². The molecular formula is C18H17N3O2. The van der Waals surface area contributed by atoms with Gasteiger partial charge in [-0.1, -0.05) is 18.2 Å². The highest BCUT2D eigenvalue weighted by Crippen LogP contribution is 2.20. The predicted octanol–water partition coefficient (Wildman–Crippen LogP) is 3.00. The quantitative estimate of drug-likeness (QED) is 0.809. The molecule has 0 unspecified atom stereocenters. The molecule has 1 amide bonds. The van der Waals surface area contributed by atoms with Crippen LogP contribution in [-0.4, -0.2) is 28.9 Å². The van der Waals surface area contributed by atoms with E-state index in [1.807, 2.05) is 59.4 Å². The summed E-state index contributed by atoms with van der Waals surface area (Å²) in [7, 11) is 0. The molecule has 2 aromatic carbocycles. The van der Waals surface area contributed by atoms with Gasteiger partial charge < -0.3 is 10.1 Å². The van der Waals surface area contributed by atoms with Crippen LogP contribution in [0.5, 0.6) is 0 Å². The first kappa shape index (κ1) is 14.0. The summed E-state index contributed by atoms with van der Waals surface area (Å²) in [4.78, 5) is 12.1. The summed E-state index contributed by atoms with van der Waals surface area (Å²) in [6, 6.07) is 15.8. The van der Waals surface area contributed by atoms with Crippen molar-refractivity contribution in [3.63, 3.8) is 0 Å². The average Bonchev–Trinajstić information content (AvgIpc) is 3.25. The van der Waals surface area contributed by atoms with E-state index in [0.717, 1.165) is 28.7 Å². The van der Waals surface area contributed by atoms with Crippen molar-refractivity contribution in [3.8, 4) is 5.69 Å². The number of rotatable bonds is 3. The molecule has 1 aromatic heterocycles. The SMILES string of the molecule is O=C(Nc1ccc(-n2ncc3ccccc32)cc1)[C@@H]1CCOC1. The predicted molar refractivity (Wildman–Crippen MR) is 88.6 cm³/mol. The van der Waals surface area contributed by atoms with Gasteiger partial charge in [0.15, 0.2) is 0 Å². The van der Waals surface area contributed by atoms with Gasteiger partial charge in [0.1, 0.15) is 0 Å². The number of benzene rings is 2. The van der Waals surface area contributed by atoms with Crippen molar-refractivity contribution < 1.29 is 9.53 Å². The number of nitrogens with zero attached hydrogens (tertiary/aromatic N) is 2. The molecule has 5 heteroatoms. The minimum absolute atomic E-state index is 0.0276.